The summed E-state index contributed by atoms with van der Waals surface area (Å²) in [6.45, 7) is 3.83. The van der Waals surface area contributed by atoms with Gasteiger partial charge < -0.3 is 4.74 Å². The van der Waals surface area contributed by atoms with Crippen molar-refractivity contribution in [2.75, 3.05) is 18.2 Å². The Labute approximate surface area is 197 Å². The summed E-state index contributed by atoms with van der Waals surface area (Å²) in [6.07, 6.45) is 14.1. The van der Waals surface area contributed by atoms with Crippen LogP contribution in [0.25, 0.3) is 0 Å². The molecule has 0 N–H and O–H groups in total. The van der Waals surface area contributed by atoms with Gasteiger partial charge in [-0.3, -0.25) is 15.1 Å². The molecular weight excluding hydrogens is 414 g/mol. The second kappa shape index (κ2) is 13.6. The first-order chi connectivity index (χ1) is 16.2. The molecule has 0 spiro atoms. The Morgan fingerprint density at radius 2 is 1.48 bits per heavy atom. The number of nitro groups is 1. The largest absolute Gasteiger partial charge is 0.494 e. The molecule has 0 unspecified atom stereocenters. The molecule has 0 radical (unpaired) electrons. The summed E-state index contributed by atoms with van der Waals surface area (Å²) >= 11 is 0. The highest BCUT2D eigenvalue weighted by Crippen LogP contribution is 2.25. The lowest BCUT2D eigenvalue weighted by Crippen LogP contribution is -2.11. The minimum Gasteiger partial charge on any atom is -0.494 e. The SMILES string of the molecule is CCCCCCCCCCCCOc1ccc(N2CCC(c3ccc([N+](=O)[O-])cc3)=N2)cc1. The summed E-state index contributed by atoms with van der Waals surface area (Å²) in [4.78, 5) is 10.4. The first-order valence-electron chi connectivity index (χ1n) is 12.5. The Bertz CT molecular complexity index is 878. The number of rotatable bonds is 15. The maximum atomic E-state index is 10.8. The van der Waals surface area contributed by atoms with Crippen LogP contribution < -0.4 is 9.75 Å². The highest BCUT2D eigenvalue weighted by Gasteiger charge is 2.18. The predicted octanol–water partition coefficient (Wildman–Crippen LogP) is 7.51. The van der Waals surface area contributed by atoms with E-state index >= 15 is 0 Å². The summed E-state index contributed by atoms with van der Waals surface area (Å²) in [5.41, 5.74) is 3.01. The summed E-state index contributed by atoms with van der Waals surface area (Å²) in [6, 6.07) is 14.7. The first kappa shape index (κ1) is 24.7. The van der Waals surface area contributed by atoms with E-state index < -0.39 is 0 Å². The van der Waals surface area contributed by atoms with Gasteiger partial charge in [-0.05, 0) is 48.4 Å². The average molecular weight is 452 g/mol. The molecular formula is C27H37N3O3. The number of hydrogen-bond acceptors (Lipinski definition) is 5. The zero-order chi connectivity index (χ0) is 23.3. The summed E-state index contributed by atoms with van der Waals surface area (Å²) < 4.78 is 5.91. The van der Waals surface area contributed by atoms with Crippen LogP contribution in [0.1, 0.15) is 83.1 Å². The monoisotopic (exact) mass is 451 g/mol. The van der Waals surface area contributed by atoms with Crippen LogP contribution in [-0.4, -0.2) is 23.8 Å². The summed E-state index contributed by atoms with van der Waals surface area (Å²) in [5, 5.41) is 17.5. The number of hydrogen-bond donors (Lipinski definition) is 0. The molecule has 178 valence electrons. The van der Waals surface area contributed by atoms with E-state index in [4.69, 9.17) is 9.84 Å². The predicted molar refractivity (Wildman–Crippen MR) is 135 cm³/mol. The standard InChI is InChI=1S/C27H37N3O3/c1-2-3-4-5-6-7-8-9-10-11-22-33-26-18-16-24(17-19-26)29-21-20-27(28-29)23-12-14-25(15-13-23)30(31)32/h12-19H,2-11,20-22H2,1H3. The van der Waals surface area contributed by atoms with E-state index in [0.717, 1.165) is 48.7 Å². The molecule has 1 aliphatic rings. The number of benzene rings is 2. The van der Waals surface area contributed by atoms with Crippen molar-refractivity contribution in [3.05, 3.63) is 64.2 Å². The smallest absolute Gasteiger partial charge is 0.269 e. The molecule has 1 heterocycles. The van der Waals surface area contributed by atoms with Crippen LogP contribution in [0, 0.1) is 10.1 Å². The van der Waals surface area contributed by atoms with Crippen LogP contribution in [0.4, 0.5) is 11.4 Å². The first-order valence-corrected chi connectivity index (χ1v) is 12.5. The number of nitrogens with zero attached hydrogens (tertiary/aromatic N) is 3. The number of unbranched alkanes of at least 4 members (excludes halogenated alkanes) is 9. The Morgan fingerprint density at radius 3 is 2.09 bits per heavy atom. The van der Waals surface area contributed by atoms with Crippen molar-refractivity contribution in [1.82, 2.24) is 0 Å². The zero-order valence-electron chi connectivity index (χ0n) is 19.9. The van der Waals surface area contributed by atoms with Crippen molar-refractivity contribution in [2.45, 2.75) is 77.6 Å². The fourth-order valence-electron chi connectivity index (χ4n) is 4.12. The van der Waals surface area contributed by atoms with Crippen molar-refractivity contribution < 1.29 is 9.66 Å². The second-order valence-corrected chi connectivity index (χ2v) is 8.75. The van der Waals surface area contributed by atoms with Gasteiger partial charge in [0.2, 0.25) is 0 Å². The third kappa shape index (κ3) is 8.19. The molecule has 0 atom stereocenters. The maximum Gasteiger partial charge on any atom is 0.269 e. The second-order valence-electron chi connectivity index (χ2n) is 8.75. The van der Waals surface area contributed by atoms with Crippen LogP contribution in [-0.2, 0) is 0 Å². The number of ether oxygens (including phenoxy) is 1. The van der Waals surface area contributed by atoms with Gasteiger partial charge >= 0.3 is 0 Å². The molecule has 33 heavy (non-hydrogen) atoms. The van der Waals surface area contributed by atoms with E-state index in [1.54, 1.807) is 12.1 Å². The average Bonchev–Trinajstić information content (AvgIpc) is 3.33. The molecule has 0 bridgehead atoms. The zero-order valence-corrected chi connectivity index (χ0v) is 19.9. The van der Waals surface area contributed by atoms with Gasteiger partial charge in [0.1, 0.15) is 5.75 Å². The van der Waals surface area contributed by atoms with Crippen LogP contribution in [0.15, 0.2) is 53.6 Å². The highest BCUT2D eigenvalue weighted by molar-refractivity contribution is 6.02. The third-order valence-corrected chi connectivity index (χ3v) is 6.11. The molecule has 3 rings (SSSR count). The molecule has 0 aromatic heterocycles. The minimum atomic E-state index is -0.382. The Hall–Kier alpha value is -2.89. The highest BCUT2D eigenvalue weighted by atomic mass is 16.6. The Balaban J connectivity index is 1.34. The lowest BCUT2D eigenvalue weighted by molar-refractivity contribution is -0.384. The molecule has 0 aliphatic carbocycles. The van der Waals surface area contributed by atoms with Crippen molar-refractivity contribution >= 4 is 17.1 Å². The fourth-order valence-corrected chi connectivity index (χ4v) is 4.12. The molecule has 0 saturated carbocycles. The van der Waals surface area contributed by atoms with Crippen LogP contribution in [0.3, 0.4) is 0 Å². The number of non-ortho nitro benzene ring substituents is 1. The molecule has 0 amide bonds. The van der Waals surface area contributed by atoms with Gasteiger partial charge in [-0.25, -0.2) is 0 Å². The molecule has 2 aromatic rings. The maximum absolute atomic E-state index is 10.8. The Kier molecular flexibility index (Phi) is 10.2. The molecule has 1 aliphatic heterocycles. The van der Waals surface area contributed by atoms with E-state index in [1.165, 1.54) is 69.9 Å². The summed E-state index contributed by atoms with van der Waals surface area (Å²) in [5.74, 6) is 0.897. The molecule has 2 aromatic carbocycles. The summed E-state index contributed by atoms with van der Waals surface area (Å²) in [7, 11) is 0. The van der Waals surface area contributed by atoms with Gasteiger partial charge in [0, 0.05) is 25.1 Å². The van der Waals surface area contributed by atoms with Gasteiger partial charge in [-0.1, -0.05) is 64.7 Å². The van der Waals surface area contributed by atoms with E-state index in [-0.39, 0.29) is 10.6 Å². The normalized spacial score (nSPS) is 13.2. The lowest BCUT2D eigenvalue weighted by Gasteiger charge is -2.14. The lowest BCUT2D eigenvalue weighted by atomic mass is 10.1. The van der Waals surface area contributed by atoms with Gasteiger partial charge in [-0.2, -0.15) is 5.10 Å². The number of nitro benzene ring substituents is 1. The molecule has 6 heteroatoms. The third-order valence-electron chi connectivity index (χ3n) is 6.11. The molecule has 0 saturated heterocycles. The number of hydrazone groups is 1. The number of anilines is 1. The fraction of sp³-hybridized carbons (Fsp3) is 0.519. The van der Waals surface area contributed by atoms with E-state index in [2.05, 4.69) is 6.92 Å². The van der Waals surface area contributed by atoms with Crippen LogP contribution in [0.2, 0.25) is 0 Å². The van der Waals surface area contributed by atoms with Crippen LogP contribution >= 0.6 is 0 Å². The van der Waals surface area contributed by atoms with Gasteiger partial charge in [0.25, 0.3) is 5.69 Å². The quantitative estimate of drug-likeness (QED) is 0.160. The van der Waals surface area contributed by atoms with E-state index in [0.29, 0.717) is 0 Å². The van der Waals surface area contributed by atoms with Gasteiger partial charge in [0.15, 0.2) is 0 Å². The van der Waals surface area contributed by atoms with Crippen molar-refractivity contribution in [3.63, 3.8) is 0 Å². The van der Waals surface area contributed by atoms with Crippen molar-refractivity contribution in [3.8, 4) is 5.75 Å². The van der Waals surface area contributed by atoms with Crippen molar-refractivity contribution in [1.29, 1.82) is 0 Å². The topological polar surface area (TPSA) is 68.0 Å². The minimum absolute atomic E-state index is 0.0996. The van der Waals surface area contributed by atoms with E-state index in [1.807, 2.05) is 29.3 Å². The van der Waals surface area contributed by atoms with Crippen molar-refractivity contribution in [2.24, 2.45) is 5.10 Å². The molecule has 0 fully saturated rings. The molecule has 6 nitrogen and oxygen atoms in total. The van der Waals surface area contributed by atoms with E-state index in [9.17, 15) is 10.1 Å². The van der Waals surface area contributed by atoms with Crippen LogP contribution in [0.5, 0.6) is 5.75 Å². The van der Waals surface area contributed by atoms with Gasteiger partial charge in [0.05, 0.1) is 22.9 Å². The van der Waals surface area contributed by atoms with Gasteiger partial charge in [-0.15, -0.1) is 0 Å². The Morgan fingerprint density at radius 1 is 0.879 bits per heavy atom.